The van der Waals surface area contributed by atoms with Gasteiger partial charge in [0.05, 0.1) is 12.6 Å². The Morgan fingerprint density at radius 2 is 1.73 bits per heavy atom. The van der Waals surface area contributed by atoms with E-state index < -0.39 is 84.5 Å². The van der Waals surface area contributed by atoms with E-state index in [1.165, 1.54) is 23.6 Å². The molecule has 2 saturated heterocycles. The minimum absolute atomic E-state index is 0.0148. The quantitative estimate of drug-likeness (QED) is 0.149. The smallest absolute Gasteiger partial charge is 0.410 e. The summed E-state index contributed by atoms with van der Waals surface area (Å²) in [6.45, 7) is 2.47. The van der Waals surface area contributed by atoms with E-state index in [1.807, 2.05) is 24.3 Å². The Hall–Kier alpha value is -6.17. The molecule has 18 nitrogen and oxygen atoms in total. The Labute approximate surface area is 322 Å². The van der Waals surface area contributed by atoms with Crippen molar-refractivity contribution in [3.63, 3.8) is 0 Å². The van der Waals surface area contributed by atoms with Crippen LogP contribution in [0.4, 0.5) is 4.79 Å². The Morgan fingerprint density at radius 3 is 2.46 bits per heavy atom. The molecule has 0 unspecified atom stereocenters. The fraction of sp³-hybridized carbons (Fsp3) is 0.447. The summed E-state index contributed by atoms with van der Waals surface area (Å²) in [6.07, 6.45) is 0.0466. The zero-order valence-corrected chi connectivity index (χ0v) is 31.0. The number of hydrogen-bond donors (Lipinski definition) is 7. The highest BCUT2D eigenvalue weighted by molar-refractivity contribution is 5.97. The lowest BCUT2D eigenvalue weighted by molar-refractivity contribution is -0.143. The minimum Gasteiger partial charge on any atom is -0.484 e. The van der Waals surface area contributed by atoms with Crippen LogP contribution in [0, 0.1) is 0 Å². The van der Waals surface area contributed by atoms with E-state index in [-0.39, 0.29) is 45.6 Å². The van der Waals surface area contributed by atoms with Crippen LogP contribution in [0.3, 0.4) is 0 Å². The number of amides is 7. The molecule has 2 bridgehead atoms. The molecule has 18 heteroatoms. The molecule has 6 atom stereocenters. The molecule has 5 heterocycles. The number of aromatic amines is 1. The molecule has 0 radical (unpaired) electrons. The number of aliphatic hydroxyl groups is 1. The SMILES string of the molecule is C[C@@H]1NC(=O)[C@H]([C@@H](C)O)NC(=O)[C@@H]2C[C@H](NC(=O)CN3CCOC3=O)CN2C(=O)[C@@H](Cc2c[nH]c3ccccc23)NC(=O)COc2ccc(cc2)CCNC1=O. The Balaban J connectivity index is 1.31. The summed E-state index contributed by atoms with van der Waals surface area (Å²) in [6, 6.07) is 8.53. The average molecular weight is 775 g/mol. The Morgan fingerprint density at radius 1 is 0.964 bits per heavy atom. The standard InChI is InChI=1S/C38H46N8O10/c1-21-34(50)39-12-11-23-7-9-26(10-8-23)56-20-32(49)43-29(15-24-17-40-28-6-4-3-5-27(24)28)37(53)46-18-25(42-31(48)19-45-13-14-55-38(45)54)16-30(46)35(51)44-33(22(2)47)36(52)41-21/h3-10,17,21-22,25,29-30,33,40,47H,11-16,18-20H2,1-2H3,(H,39,50)(H,41,52)(H,42,48)(H,43,49)(H,44,51)/t21-,22+,25-,29+,30-,33-/m0/s1. The summed E-state index contributed by atoms with van der Waals surface area (Å²) in [5.41, 5.74) is 2.39. The van der Waals surface area contributed by atoms with E-state index >= 15 is 0 Å². The molecule has 7 amide bonds. The lowest BCUT2D eigenvalue weighted by Crippen LogP contribution is -2.60. The number of fused-ring (bicyclic) bond motifs is 17. The summed E-state index contributed by atoms with van der Waals surface area (Å²) in [4.78, 5) is 99.1. The summed E-state index contributed by atoms with van der Waals surface area (Å²) >= 11 is 0. The minimum atomic E-state index is -1.53. The first-order valence-electron chi connectivity index (χ1n) is 18.5. The molecular formula is C38H46N8O10. The maximum absolute atomic E-state index is 14.7. The maximum atomic E-state index is 14.7. The molecule has 56 heavy (non-hydrogen) atoms. The highest BCUT2D eigenvalue weighted by Gasteiger charge is 2.44. The van der Waals surface area contributed by atoms with Crippen LogP contribution in [0.1, 0.15) is 31.4 Å². The molecule has 0 spiro atoms. The predicted octanol–water partition coefficient (Wildman–Crippen LogP) is -1.15. The van der Waals surface area contributed by atoms with Gasteiger partial charge in [0, 0.05) is 42.7 Å². The third-order valence-corrected chi connectivity index (χ3v) is 9.98. The van der Waals surface area contributed by atoms with Crippen LogP contribution in [0.25, 0.3) is 10.9 Å². The van der Waals surface area contributed by atoms with Crippen LogP contribution in [-0.2, 0) is 46.3 Å². The van der Waals surface area contributed by atoms with Crippen LogP contribution < -0.4 is 31.3 Å². The number of carbonyl (C=O) groups is 7. The first-order valence-corrected chi connectivity index (χ1v) is 18.5. The third kappa shape index (κ3) is 9.55. The number of benzene rings is 2. The van der Waals surface area contributed by atoms with Crippen LogP contribution in [0.15, 0.2) is 54.7 Å². The second-order valence-electron chi connectivity index (χ2n) is 14.2. The van der Waals surface area contributed by atoms with Gasteiger partial charge >= 0.3 is 6.09 Å². The maximum Gasteiger partial charge on any atom is 0.410 e. The predicted molar refractivity (Wildman–Crippen MR) is 199 cm³/mol. The lowest BCUT2D eigenvalue weighted by Gasteiger charge is -2.30. The van der Waals surface area contributed by atoms with Gasteiger partial charge in [-0.2, -0.15) is 0 Å². The molecule has 7 N–H and O–H groups in total. The van der Waals surface area contributed by atoms with E-state index in [0.29, 0.717) is 17.7 Å². The van der Waals surface area contributed by atoms with Gasteiger partial charge in [-0.25, -0.2) is 4.79 Å². The fourth-order valence-electron chi connectivity index (χ4n) is 7.01. The molecule has 4 aliphatic rings. The zero-order chi connectivity index (χ0) is 39.9. The fourth-order valence-corrected chi connectivity index (χ4v) is 7.01. The molecule has 4 aliphatic heterocycles. The van der Waals surface area contributed by atoms with Crippen molar-refractivity contribution in [2.45, 2.75) is 69.4 Å². The number of cyclic esters (lactones) is 1. The summed E-state index contributed by atoms with van der Waals surface area (Å²) < 4.78 is 10.7. The molecule has 0 saturated carbocycles. The van der Waals surface area contributed by atoms with Gasteiger partial charge in [-0.3, -0.25) is 33.7 Å². The van der Waals surface area contributed by atoms with Crippen molar-refractivity contribution >= 4 is 52.4 Å². The number of nitrogens with zero attached hydrogens (tertiary/aromatic N) is 2. The number of aliphatic hydroxyl groups excluding tert-OH is 1. The van der Waals surface area contributed by atoms with Gasteiger partial charge < -0.3 is 51.0 Å². The number of carbonyl (C=O) groups excluding carboxylic acids is 7. The molecule has 2 aromatic carbocycles. The molecule has 1 aromatic heterocycles. The van der Waals surface area contributed by atoms with Gasteiger partial charge in [-0.1, -0.05) is 30.3 Å². The van der Waals surface area contributed by atoms with E-state index in [9.17, 15) is 38.7 Å². The second-order valence-corrected chi connectivity index (χ2v) is 14.2. The monoisotopic (exact) mass is 774 g/mol. The Bertz CT molecular complexity index is 1970. The summed E-state index contributed by atoms with van der Waals surface area (Å²) in [7, 11) is 0. The van der Waals surface area contributed by atoms with Gasteiger partial charge in [-0.15, -0.1) is 0 Å². The molecule has 2 fully saturated rings. The van der Waals surface area contributed by atoms with Crippen molar-refractivity contribution in [2.75, 3.05) is 39.4 Å². The van der Waals surface area contributed by atoms with Crippen molar-refractivity contribution in [1.29, 1.82) is 0 Å². The molecule has 298 valence electrons. The van der Waals surface area contributed by atoms with E-state index in [1.54, 1.807) is 30.5 Å². The second kappa shape index (κ2) is 17.5. The van der Waals surface area contributed by atoms with E-state index in [4.69, 9.17) is 9.47 Å². The topological polar surface area (TPSA) is 241 Å². The van der Waals surface area contributed by atoms with Gasteiger partial charge in [0.25, 0.3) is 5.91 Å². The zero-order valence-electron chi connectivity index (χ0n) is 31.0. The Kier molecular flexibility index (Phi) is 12.4. The number of ether oxygens (including phenoxy) is 2. The molecular weight excluding hydrogens is 728 g/mol. The first-order chi connectivity index (χ1) is 26.9. The van der Waals surface area contributed by atoms with Crippen LogP contribution >= 0.6 is 0 Å². The number of rotatable bonds is 6. The lowest BCUT2D eigenvalue weighted by atomic mass is 10.0. The number of aromatic nitrogens is 1. The first kappa shape index (κ1) is 39.5. The van der Waals surface area contributed by atoms with Crippen molar-refractivity contribution < 1.29 is 48.1 Å². The van der Waals surface area contributed by atoms with Gasteiger partial charge in [0.1, 0.15) is 43.1 Å². The van der Waals surface area contributed by atoms with Gasteiger partial charge in [-0.05, 0) is 56.0 Å². The largest absolute Gasteiger partial charge is 0.484 e. The van der Waals surface area contributed by atoms with Gasteiger partial charge in [0.2, 0.25) is 29.5 Å². The summed E-state index contributed by atoms with van der Waals surface area (Å²) in [5.74, 6) is -3.56. The molecule has 7 rings (SSSR count). The highest BCUT2D eigenvalue weighted by atomic mass is 16.6. The highest BCUT2D eigenvalue weighted by Crippen LogP contribution is 2.24. The third-order valence-electron chi connectivity index (χ3n) is 9.98. The average Bonchev–Trinajstić information content (AvgIpc) is 3.90. The number of hydrogen-bond acceptors (Lipinski definition) is 10. The van der Waals surface area contributed by atoms with Crippen molar-refractivity contribution in [3.05, 3.63) is 65.9 Å². The van der Waals surface area contributed by atoms with Gasteiger partial charge in [0.15, 0.2) is 6.61 Å². The van der Waals surface area contributed by atoms with Crippen molar-refractivity contribution in [1.82, 2.24) is 41.4 Å². The number of para-hydroxylation sites is 1. The number of H-pyrrole nitrogens is 1. The summed E-state index contributed by atoms with van der Waals surface area (Å²) in [5, 5.41) is 24.8. The van der Waals surface area contributed by atoms with Crippen molar-refractivity contribution in [3.8, 4) is 5.75 Å². The van der Waals surface area contributed by atoms with Crippen LogP contribution in [0.2, 0.25) is 0 Å². The van der Waals surface area contributed by atoms with E-state index in [0.717, 1.165) is 16.5 Å². The van der Waals surface area contributed by atoms with E-state index in [2.05, 4.69) is 31.6 Å². The normalized spacial score (nSPS) is 24.8. The van der Waals surface area contributed by atoms with Crippen molar-refractivity contribution in [2.24, 2.45) is 0 Å². The van der Waals surface area contributed by atoms with Crippen LogP contribution in [0.5, 0.6) is 5.75 Å². The molecule has 3 aromatic rings. The number of nitrogens with one attached hydrogen (secondary N) is 6. The molecule has 0 aliphatic carbocycles. The van der Waals surface area contributed by atoms with Crippen LogP contribution in [-0.4, -0.2) is 137 Å².